The Balaban J connectivity index is 2.31. The van der Waals surface area contributed by atoms with Gasteiger partial charge >= 0.3 is 0 Å². The van der Waals surface area contributed by atoms with Gasteiger partial charge in [0.2, 0.25) is 0 Å². The van der Waals surface area contributed by atoms with Gasteiger partial charge in [-0.05, 0) is 31.1 Å². The predicted molar refractivity (Wildman–Crippen MR) is 47.4 cm³/mol. The molecule has 0 unspecified atom stereocenters. The summed E-state index contributed by atoms with van der Waals surface area (Å²) in [6, 6.07) is 0. The van der Waals surface area contributed by atoms with Gasteiger partial charge in [-0.15, -0.1) is 0 Å². The fourth-order valence-electron chi connectivity index (χ4n) is 2.12. The van der Waals surface area contributed by atoms with Crippen LogP contribution in [0.5, 0.6) is 0 Å². The molecule has 0 aliphatic heterocycles. The van der Waals surface area contributed by atoms with Crippen molar-refractivity contribution in [3.05, 3.63) is 0 Å². The van der Waals surface area contributed by atoms with Gasteiger partial charge < -0.3 is 5.11 Å². The number of hydrogen-bond donors (Lipinski definition) is 1. The average molecular weight is 156 g/mol. The molecule has 1 rings (SSSR count). The van der Waals surface area contributed by atoms with E-state index in [-0.39, 0.29) is 6.10 Å². The lowest BCUT2D eigenvalue weighted by atomic mass is 9.79. The van der Waals surface area contributed by atoms with Crippen LogP contribution in [0.25, 0.3) is 0 Å². The van der Waals surface area contributed by atoms with Gasteiger partial charge in [-0.3, -0.25) is 0 Å². The van der Waals surface area contributed by atoms with Crippen LogP contribution in [0.4, 0.5) is 0 Å². The molecule has 66 valence electrons. The Hall–Kier alpha value is -0.0400. The van der Waals surface area contributed by atoms with Crippen molar-refractivity contribution < 1.29 is 5.11 Å². The molecule has 0 saturated heterocycles. The predicted octanol–water partition coefficient (Wildman–Crippen LogP) is 2.58. The van der Waals surface area contributed by atoms with E-state index in [0.29, 0.717) is 5.92 Å². The van der Waals surface area contributed by atoms with Gasteiger partial charge in [0.15, 0.2) is 0 Å². The summed E-state index contributed by atoms with van der Waals surface area (Å²) in [6.07, 6.45) is 6.03. The van der Waals surface area contributed by atoms with Crippen molar-refractivity contribution in [3.8, 4) is 0 Å². The van der Waals surface area contributed by atoms with E-state index in [2.05, 4.69) is 13.8 Å². The first-order valence-corrected chi connectivity index (χ1v) is 4.92. The molecule has 11 heavy (non-hydrogen) atoms. The molecule has 1 N–H and O–H groups in total. The van der Waals surface area contributed by atoms with E-state index in [4.69, 9.17) is 0 Å². The van der Waals surface area contributed by atoms with Crippen LogP contribution in [0.1, 0.15) is 46.0 Å². The summed E-state index contributed by atoms with van der Waals surface area (Å²) in [5.41, 5.74) is 0. The zero-order chi connectivity index (χ0) is 8.27. The van der Waals surface area contributed by atoms with Crippen molar-refractivity contribution >= 4 is 0 Å². The maximum atomic E-state index is 9.67. The minimum atomic E-state index is -0.00120. The highest BCUT2D eigenvalue weighted by Crippen LogP contribution is 2.31. The van der Waals surface area contributed by atoms with Gasteiger partial charge in [0.25, 0.3) is 0 Å². The van der Waals surface area contributed by atoms with Gasteiger partial charge in [0, 0.05) is 0 Å². The van der Waals surface area contributed by atoms with E-state index < -0.39 is 0 Å². The first kappa shape index (κ1) is 9.05. The molecule has 1 aliphatic rings. The highest BCUT2D eigenvalue weighted by Gasteiger charge is 2.25. The molecule has 1 heteroatoms. The first-order chi connectivity index (χ1) is 5.24. The molecule has 3 atom stereocenters. The maximum Gasteiger partial charge on any atom is 0.0570 e. The second-order valence-corrected chi connectivity index (χ2v) is 4.03. The molecular formula is C10H20O. The summed E-state index contributed by atoms with van der Waals surface area (Å²) in [5, 5.41) is 9.67. The van der Waals surface area contributed by atoms with Crippen LogP contribution in [-0.4, -0.2) is 11.2 Å². The number of aliphatic hydroxyl groups excluding tert-OH is 1. The largest absolute Gasteiger partial charge is 0.393 e. The lowest BCUT2D eigenvalue weighted by molar-refractivity contribution is 0.0444. The molecule has 1 saturated carbocycles. The highest BCUT2D eigenvalue weighted by molar-refractivity contribution is 4.77. The Bertz CT molecular complexity index is 111. The summed E-state index contributed by atoms with van der Waals surface area (Å²) >= 11 is 0. The summed E-state index contributed by atoms with van der Waals surface area (Å²) in [4.78, 5) is 0. The van der Waals surface area contributed by atoms with Crippen LogP contribution in [-0.2, 0) is 0 Å². The number of rotatable bonds is 2. The third-order valence-corrected chi connectivity index (χ3v) is 2.88. The van der Waals surface area contributed by atoms with Crippen LogP contribution in [0.3, 0.4) is 0 Å². The fraction of sp³-hybridized carbons (Fsp3) is 1.00. The first-order valence-electron chi connectivity index (χ1n) is 4.92. The lowest BCUT2D eigenvalue weighted by Crippen LogP contribution is -2.28. The molecule has 1 fully saturated rings. The zero-order valence-corrected chi connectivity index (χ0v) is 7.71. The third-order valence-electron chi connectivity index (χ3n) is 2.88. The van der Waals surface area contributed by atoms with Crippen molar-refractivity contribution in [1.29, 1.82) is 0 Å². The van der Waals surface area contributed by atoms with Crippen molar-refractivity contribution in [1.82, 2.24) is 0 Å². The van der Waals surface area contributed by atoms with Crippen molar-refractivity contribution in [2.45, 2.75) is 52.1 Å². The Morgan fingerprint density at radius 3 is 2.64 bits per heavy atom. The summed E-state index contributed by atoms with van der Waals surface area (Å²) in [6.45, 7) is 4.44. The average Bonchev–Trinajstić information content (AvgIpc) is 1.95. The molecule has 0 bridgehead atoms. The summed E-state index contributed by atoms with van der Waals surface area (Å²) < 4.78 is 0. The van der Waals surface area contributed by atoms with Crippen LogP contribution in [0.2, 0.25) is 0 Å². The van der Waals surface area contributed by atoms with Gasteiger partial charge in [-0.25, -0.2) is 0 Å². The SMILES string of the molecule is CCC[C@H]1CC[C@H](C)C[C@@H]1O. The fourth-order valence-corrected chi connectivity index (χ4v) is 2.12. The molecule has 1 nitrogen and oxygen atoms in total. The standard InChI is InChI=1S/C10H20O/c1-3-4-9-6-5-8(2)7-10(9)11/h8-11H,3-7H2,1-2H3/t8-,9-,10-/m0/s1. The Kier molecular flexibility index (Phi) is 3.38. The third kappa shape index (κ3) is 2.48. The Morgan fingerprint density at radius 1 is 1.36 bits per heavy atom. The second-order valence-electron chi connectivity index (χ2n) is 4.03. The molecular weight excluding hydrogens is 136 g/mol. The monoisotopic (exact) mass is 156 g/mol. The zero-order valence-electron chi connectivity index (χ0n) is 7.71. The van der Waals surface area contributed by atoms with Gasteiger partial charge in [-0.2, -0.15) is 0 Å². The van der Waals surface area contributed by atoms with E-state index in [0.717, 1.165) is 12.3 Å². The maximum absolute atomic E-state index is 9.67. The van der Waals surface area contributed by atoms with Crippen LogP contribution in [0, 0.1) is 11.8 Å². The quantitative estimate of drug-likeness (QED) is 0.651. The van der Waals surface area contributed by atoms with Crippen LogP contribution < -0.4 is 0 Å². The van der Waals surface area contributed by atoms with Gasteiger partial charge in [0.05, 0.1) is 6.10 Å². The summed E-state index contributed by atoms with van der Waals surface area (Å²) in [5.74, 6) is 1.36. The molecule has 0 amide bonds. The second kappa shape index (κ2) is 4.10. The molecule has 0 radical (unpaired) electrons. The van der Waals surface area contributed by atoms with E-state index in [1.807, 2.05) is 0 Å². The van der Waals surface area contributed by atoms with Crippen LogP contribution in [0.15, 0.2) is 0 Å². The summed E-state index contributed by atoms with van der Waals surface area (Å²) in [7, 11) is 0. The molecule has 0 spiro atoms. The van der Waals surface area contributed by atoms with Crippen molar-refractivity contribution in [2.24, 2.45) is 11.8 Å². The van der Waals surface area contributed by atoms with Gasteiger partial charge in [0.1, 0.15) is 0 Å². The highest BCUT2D eigenvalue weighted by atomic mass is 16.3. The van der Waals surface area contributed by atoms with E-state index >= 15 is 0 Å². The van der Waals surface area contributed by atoms with Crippen molar-refractivity contribution in [2.75, 3.05) is 0 Å². The minimum Gasteiger partial charge on any atom is -0.393 e. The molecule has 0 aromatic rings. The molecule has 0 aromatic carbocycles. The molecule has 1 aliphatic carbocycles. The minimum absolute atomic E-state index is 0.00120. The lowest BCUT2D eigenvalue weighted by Gasteiger charge is -2.31. The van der Waals surface area contributed by atoms with E-state index in [1.54, 1.807) is 0 Å². The van der Waals surface area contributed by atoms with Crippen molar-refractivity contribution in [3.63, 3.8) is 0 Å². The Labute approximate surface area is 69.8 Å². The number of hydrogen-bond acceptors (Lipinski definition) is 1. The normalized spacial score (nSPS) is 39.0. The van der Waals surface area contributed by atoms with E-state index in [9.17, 15) is 5.11 Å². The smallest absolute Gasteiger partial charge is 0.0570 e. The number of aliphatic hydroxyl groups is 1. The Morgan fingerprint density at radius 2 is 2.09 bits per heavy atom. The van der Waals surface area contributed by atoms with Crippen LogP contribution >= 0.6 is 0 Å². The molecule has 0 aromatic heterocycles. The van der Waals surface area contributed by atoms with Gasteiger partial charge in [-0.1, -0.05) is 26.7 Å². The topological polar surface area (TPSA) is 20.2 Å². The van der Waals surface area contributed by atoms with E-state index in [1.165, 1.54) is 25.7 Å². The molecule has 0 heterocycles.